The molecule has 1 aliphatic rings. The molecule has 0 fully saturated rings. The van der Waals surface area contributed by atoms with Gasteiger partial charge in [0.25, 0.3) is 0 Å². The standard InChI is InChI=1S/C18H14BrNO2S/c1-10-3-7-15(21-10)17-13-6-5-12(19)9-14(13)20-18(23-17)16-8-4-11(2)22-16/h3-9,17H,1-2H3. The molecule has 5 heteroatoms. The minimum atomic E-state index is 0.0738. The predicted octanol–water partition coefficient (Wildman–Crippen LogP) is 6.17. The third-order valence-electron chi connectivity index (χ3n) is 3.70. The SMILES string of the molecule is Cc1ccc(C2=Nc3cc(Br)ccc3C(c3ccc(C)o3)S2)o1. The van der Waals surface area contributed by atoms with Crippen LogP contribution in [0.5, 0.6) is 0 Å². The van der Waals surface area contributed by atoms with Crippen molar-refractivity contribution >= 4 is 38.4 Å². The average molecular weight is 388 g/mol. The molecule has 0 N–H and O–H groups in total. The largest absolute Gasteiger partial charge is 0.465 e. The molecule has 0 spiro atoms. The molecule has 1 atom stereocenters. The molecule has 3 aromatic rings. The van der Waals surface area contributed by atoms with Crippen LogP contribution in [0.2, 0.25) is 0 Å². The highest BCUT2D eigenvalue weighted by Gasteiger charge is 2.29. The van der Waals surface area contributed by atoms with Crippen LogP contribution in [0.4, 0.5) is 5.69 Å². The van der Waals surface area contributed by atoms with E-state index in [2.05, 4.69) is 22.0 Å². The zero-order valence-corrected chi connectivity index (χ0v) is 15.1. The summed E-state index contributed by atoms with van der Waals surface area (Å²) in [6.07, 6.45) is 0. The Kier molecular flexibility index (Phi) is 3.70. The van der Waals surface area contributed by atoms with E-state index in [1.54, 1.807) is 11.8 Å². The molecule has 1 unspecified atom stereocenters. The van der Waals surface area contributed by atoms with Crippen LogP contribution in [0.1, 0.15) is 33.9 Å². The van der Waals surface area contributed by atoms with Crippen LogP contribution in [-0.4, -0.2) is 5.04 Å². The van der Waals surface area contributed by atoms with Gasteiger partial charge in [0, 0.05) is 4.47 Å². The molecule has 116 valence electrons. The summed E-state index contributed by atoms with van der Waals surface area (Å²) >= 11 is 5.19. The van der Waals surface area contributed by atoms with Crippen LogP contribution in [0, 0.1) is 13.8 Å². The quantitative estimate of drug-likeness (QED) is 0.527. The van der Waals surface area contributed by atoms with E-state index in [0.29, 0.717) is 0 Å². The Hall–Kier alpha value is -1.72. The second-order valence-electron chi connectivity index (χ2n) is 5.48. The van der Waals surface area contributed by atoms with Crippen LogP contribution >= 0.6 is 27.7 Å². The van der Waals surface area contributed by atoms with Gasteiger partial charge < -0.3 is 8.83 Å². The van der Waals surface area contributed by atoms with E-state index in [0.717, 1.165) is 43.8 Å². The highest BCUT2D eigenvalue weighted by molar-refractivity contribution is 9.10. The number of rotatable bonds is 2. The molecule has 3 heterocycles. The third-order valence-corrected chi connectivity index (χ3v) is 5.43. The average Bonchev–Trinajstić information content (AvgIpc) is 3.14. The maximum Gasteiger partial charge on any atom is 0.159 e. The highest BCUT2D eigenvalue weighted by Crippen LogP contribution is 2.47. The summed E-state index contributed by atoms with van der Waals surface area (Å²) in [7, 11) is 0. The molecule has 0 amide bonds. The lowest BCUT2D eigenvalue weighted by Crippen LogP contribution is -2.07. The molecule has 0 saturated heterocycles. The van der Waals surface area contributed by atoms with E-state index in [1.165, 1.54) is 0 Å². The molecular weight excluding hydrogens is 374 g/mol. The number of aliphatic imine (C=N–C) groups is 1. The van der Waals surface area contributed by atoms with Crippen molar-refractivity contribution in [1.82, 2.24) is 0 Å². The first-order chi connectivity index (χ1) is 11.1. The summed E-state index contributed by atoms with van der Waals surface area (Å²) < 4.78 is 12.7. The van der Waals surface area contributed by atoms with Crippen molar-refractivity contribution in [3.05, 3.63) is 75.5 Å². The van der Waals surface area contributed by atoms with Crippen LogP contribution in [-0.2, 0) is 0 Å². The van der Waals surface area contributed by atoms with E-state index in [1.807, 2.05) is 50.2 Å². The lowest BCUT2D eigenvalue weighted by atomic mass is 10.1. The van der Waals surface area contributed by atoms with Crippen LogP contribution in [0.3, 0.4) is 0 Å². The van der Waals surface area contributed by atoms with Crippen molar-refractivity contribution in [3.63, 3.8) is 0 Å². The smallest absolute Gasteiger partial charge is 0.159 e. The molecule has 0 aliphatic carbocycles. The zero-order chi connectivity index (χ0) is 16.0. The second-order valence-corrected chi connectivity index (χ2v) is 7.49. The van der Waals surface area contributed by atoms with Crippen LogP contribution < -0.4 is 0 Å². The van der Waals surface area contributed by atoms with Gasteiger partial charge in [0.2, 0.25) is 0 Å². The van der Waals surface area contributed by atoms with Crippen molar-refractivity contribution in [2.45, 2.75) is 19.1 Å². The number of benzene rings is 1. The molecule has 0 bridgehead atoms. The molecule has 0 saturated carbocycles. The Bertz CT molecular complexity index is 909. The first-order valence-electron chi connectivity index (χ1n) is 7.28. The second kappa shape index (κ2) is 5.73. The van der Waals surface area contributed by atoms with Gasteiger partial charge in [-0.25, -0.2) is 4.99 Å². The van der Waals surface area contributed by atoms with Gasteiger partial charge in [0.05, 0.1) is 10.9 Å². The predicted molar refractivity (Wildman–Crippen MR) is 96.7 cm³/mol. The monoisotopic (exact) mass is 387 g/mol. The normalized spacial score (nSPS) is 17.0. The number of hydrogen-bond acceptors (Lipinski definition) is 4. The van der Waals surface area contributed by atoms with Gasteiger partial charge in [0.15, 0.2) is 5.76 Å². The highest BCUT2D eigenvalue weighted by atomic mass is 79.9. The van der Waals surface area contributed by atoms with Gasteiger partial charge in [-0.1, -0.05) is 33.8 Å². The minimum absolute atomic E-state index is 0.0738. The van der Waals surface area contributed by atoms with Crippen molar-refractivity contribution in [3.8, 4) is 0 Å². The fourth-order valence-electron chi connectivity index (χ4n) is 2.61. The molecule has 4 rings (SSSR count). The molecule has 3 nitrogen and oxygen atoms in total. The topological polar surface area (TPSA) is 38.6 Å². The van der Waals surface area contributed by atoms with Gasteiger partial charge in [-0.3, -0.25) is 0 Å². The van der Waals surface area contributed by atoms with Crippen molar-refractivity contribution < 1.29 is 8.83 Å². The molecule has 1 aromatic carbocycles. The number of aryl methyl sites for hydroxylation is 2. The Morgan fingerprint density at radius 2 is 1.78 bits per heavy atom. The Morgan fingerprint density at radius 1 is 1.00 bits per heavy atom. The van der Waals surface area contributed by atoms with Crippen LogP contribution in [0.15, 0.2) is 60.8 Å². The van der Waals surface area contributed by atoms with E-state index >= 15 is 0 Å². The number of hydrogen-bond donors (Lipinski definition) is 0. The van der Waals surface area contributed by atoms with E-state index in [4.69, 9.17) is 13.8 Å². The van der Waals surface area contributed by atoms with Crippen molar-refractivity contribution in [2.75, 3.05) is 0 Å². The number of thioether (sulfide) groups is 1. The summed E-state index contributed by atoms with van der Waals surface area (Å²) in [5.41, 5.74) is 2.10. The zero-order valence-electron chi connectivity index (χ0n) is 12.7. The van der Waals surface area contributed by atoms with Gasteiger partial charge in [-0.15, -0.1) is 0 Å². The number of fused-ring (bicyclic) bond motifs is 1. The summed E-state index contributed by atoms with van der Waals surface area (Å²) in [5, 5.41) is 0.951. The summed E-state index contributed by atoms with van der Waals surface area (Å²) in [6, 6.07) is 14.1. The molecule has 23 heavy (non-hydrogen) atoms. The fraction of sp³-hybridized carbons (Fsp3) is 0.167. The first-order valence-corrected chi connectivity index (χ1v) is 8.95. The Labute approximate surface area is 146 Å². The van der Waals surface area contributed by atoms with Crippen molar-refractivity contribution in [2.24, 2.45) is 4.99 Å². The summed E-state index contributed by atoms with van der Waals surface area (Å²) in [4.78, 5) is 4.79. The number of nitrogens with zero attached hydrogens (tertiary/aromatic N) is 1. The summed E-state index contributed by atoms with van der Waals surface area (Å²) in [5.74, 6) is 3.53. The third kappa shape index (κ3) is 2.79. The van der Waals surface area contributed by atoms with E-state index in [9.17, 15) is 0 Å². The van der Waals surface area contributed by atoms with Gasteiger partial charge >= 0.3 is 0 Å². The van der Waals surface area contributed by atoms with Crippen LogP contribution in [0.25, 0.3) is 0 Å². The molecular formula is C18H14BrNO2S. The van der Waals surface area contributed by atoms with E-state index in [-0.39, 0.29) is 5.25 Å². The Morgan fingerprint density at radius 3 is 2.48 bits per heavy atom. The van der Waals surface area contributed by atoms with Gasteiger partial charge in [0.1, 0.15) is 22.3 Å². The number of halogens is 1. The fourth-order valence-corrected chi connectivity index (χ4v) is 4.13. The maximum absolute atomic E-state index is 5.88. The van der Waals surface area contributed by atoms with Gasteiger partial charge in [-0.05, 0) is 55.8 Å². The maximum atomic E-state index is 5.88. The first kappa shape index (κ1) is 14.8. The molecule has 1 aliphatic heterocycles. The molecule has 2 aromatic heterocycles. The molecule has 0 radical (unpaired) electrons. The minimum Gasteiger partial charge on any atom is -0.465 e. The summed E-state index contributed by atoms with van der Waals surface area (Å²) in [6.45, 7) is 3.90. The van der Waals surface area contributed by atoms with Gasteiger partial charge in [-0.2, -0.15) is 0 Å². The number of furan rings is 2. The van der Waals surface area contributed by atoms with E-state index < -0.39 is 0 Å². The van der Waals surface area contributed by atoms with Crippen molar-refractivity contribution in [1.29, 1.82) is 0 Å². The lowest BCUT2D eigenvalue weighted by molar-refractivity contribution is 0.490. The lowest BCUT2D eigenvalue weighted by Gasteiger charge is -2.22. The Balaban J connectivity index is 1.85.